The van der Waals surface area contributed by atoms with Crippen LogP contribution in [0.5, 0.6) is 0 Å². The standard InChI is InChI=1S/C16H15FN6O/c1-10(22-19)20-13(6-7-18)15-14(11-2-4-12(17)5-3-11)21-16-23(15)8-9-24-16/h2-9H,18-19H2,1H3. The van der Waals surface area contributed by atoms with Gasteiger partial charge in [-0.3, -0.25) is 4.40 Å². The number of oxazole rings is 1. The average molecular weight is 326 g/mol. The zero-order chi connectivity index (χ0) is 17.1. The van der Waals surface area contributed by atoms with E-state index in [9.17, 15) is 4.39 Å². The maximum atomic E-state index is 13.2. The van der Waals surface area contributed by atoms with Crippen LogP contribution in [0.3, 0.4) is 0 Å². The fraction of sp³-hybridized carbons (Fsp3) is 0.0625. The Morgan fingerprint density at radius 3 is 2.75 bits per heavy atom. The quantitative estimate of drug-likeness (QED) is 0.333. The Morgan fingerprint density at radius 2 is 2.08 bits per heavy atom. The molecule has 8 heteroatoms. The Hall–Kier alpha value is -3.42. The van der Waals surface area contributed by atoms with Crippen LogP contribution in [-0.2, 0) is 0 Å². The fourth-order valence-electron chi connectivity index (χ4n) is 2.30. The Labute approximate surface area is 136 Å². The second kappa shape index (κ2) is 6.37. The lowest BCUT2D eigenvalue weighted by molar-refractivity contribution is 0.596. The van der Waals surface area contributed by atoms with Gasteiger partial charge >= 0.3 is 5.84 Å². The van der Waals surface area contributed by atoms with E-state index in [-0.39, 0.29) is 5.82 Å². The minimum Gasteiger partial charge on any atom is -0.432 e. The monoisotopic (exact) mass is 326 g/mol. The predicted molar refractivity (Wildman–Crippen MR) is 90.0 cm³/mol. The molecule has 0 atom stereocenters. The van der Waals surface area contributed by atoms with Crippen LogP contribution < -0.4 is 11.6 Å². The molecular weight excluding hydrogens is 311 g/mol. The average Bonchev–Trinajstić information content (AvgIpc) is 3.15. The van der Waals surface area contributed by atoms with Crippen LogP contribution in [0.25, 0.3) is 17.1 Å². The number of nitrogens with zero attached hydrogens (tertiary/aromatic N) is 4. The summed E-state index contributed by atoms with van der Waals surface area (Å²) in [7, 11) is 0. The molecule has 0 bridgehead atoms. The van der Waals surface area contributed by atoms with Crippen molar-refractivity contribution in [2.24, 2.45) is 21.7 Å². The molecule has 2 aromatic heterocycles. The van der Waals surface area contributed by atoms with Gasteiger partial charge in [0.25, 0.3) is 0 Å². The number of allylic oxidation sites excluding steroid dienone is 1. The molecule has 24 heavy (non-hydrogen) atoms. The first-order valence-electron chi connectivity index (χ1n) is 7.07. The largest absolute Gasteiger partial charge is 0.432 e. The number of imidazole rings is 1. The van der Waals surface area contributed by atoms with Gasteiger partial charge in [0.05, 0.1) is 5.71 Å². The third-order valence-corrected chi connectivity index (χ3v) is 3.35. The minimum absolute atomic E-state index is 0.329. The summed E-state index contributed by atoms with van der Waals surface area (Å²) in [4.78, 5) is 8.81. The van der Waals surface area contributed by atoms with E-state index in [1.54, 1.807) is 35.7 Å². The molecular formula is C16H15FN6O. The third-order valence-electron chi connectivity index (χ3n) is 3.35. The highest BCUT2D eigenvalue weighted by atomic mass is 19.1. The maximum absolute atomic E-state index is 13.2. The van der Waals surface area contributed by atoms with E-state index in [0.29, 0.717) is 34.3 Å². The molecule has 0 saturated heterocycles. The Kier molecular flexibility index (Phi) is 4.11. The number of aromatic nitrogens is 2. The number of benzene rings is 1. The van der Waals surface area contributed by atoms with Crippen LogP contribution in [0.2, 0.25) is 0 Å². The van der Waals surface area contributed by atoms with Crippen molar-refractivity contribution in [3.8, 4) is 11.3 Å². The zero-order valence-electron chi connectivity index (χ0n) is 12.8. The van der Waals surface area contributed by atoms with Gasteiger partial charge in [0.2, 0.25) is 0 Å². The summed E-state index contributed by atoms with van der Waals surface area (Å²) in [5.41, 5.74) is 7.97. The second-order valence-corrected chi connectivity index (χ2v) is 4.90. The zero-order valence-corrected chi connectivity index (χ0v) is 12.8. The van der Waals surface area contributed by atoms with Gasteiger partial charge in [-0.15, -0.1) is 0 Å². The van der Waals surface area contributed by atoms with Crippen molar-refractivity contribution < 1.29 is 8.81 Å². The number of amidine groups is 1. The Morgan fingerprint density at radius 1 is 1.33 bits per heavy atom. The summed E-state index contributed by atoms with van der Waals surface area (Å²) in [6.45, 7) is 1.66. The van der Waals surface area contributed by atoms with Gasteiger partial charge in [-0.25, -0.2) is 9.38 Å². The van der Waals surface area contributed by atoms with Gasteiger partial charge in [0.15, 0.2) is 0 Å². The lowest BCUT2D eigenvalue weighted by Crippen LogP contribution is -2.07. The molecule has 0 aliphatic heterocycles. The van der Waals surface area contributed by atoms with E-state index >= 15 is 0 Å². The molecule has 7 nitrogen and oxygen atoms in total. The van der Waals surface area contributed by atoms with Crippen LogP contribution in [0.15, 0.2) is 63.5 Å². The molecule has 3 rings (SSSR count). The highest BCUT2D eigenvalue weighted by molar-refractivity contribution is 6.15. The van der Waals surface area contributed by atoms with Crippen LogP contribution in [0, 0.1) is 5.82 Å². The SMILES string of the molecule is CC(=NN)N=C(C=CN)c1c(-c2ccc(F)cc2)nc2occn12. The smallest absolute Gasteiger partial charge is 0.306 e. The van der Waals surface area contributed by atoms with Gasteiger partial charge in [-0.1, -0.05) is 0 Å². The van der Waals surface area contributed by atoms with Crippen molar-refractivity contribution in [1.82, 2.24) is 9.38 Å². The van der Waals surface area contributed by atoms with E-state index in [0.717, 1.165) is 0 Å². The molecule has 0 aliphatic carbocycles. The topological polar surface area (TPSA) is 107 Å². The van der Waals surface area contributed by atoms with Crippen molar-refractivity contribution >= 4 is 17.4 Å². The molecule has 0 aliphatic rings. The maximum Gasteiger partial charge on any atom is 0.306 e. The summed E-state index contributed by atoms with van der Waals surface area (Å²) in [5, 5.41) is 3.55. The number of rotatable bonds is 3. The summed E-state index contributed by atoms with van der Waals surface area (Å²) in [6, 6.07) is 5.99. The lowest BCUT2D eigenvalue weighted by Gasteiger charge is -2.05. The van der Waals surface area contributed by atoms with Gasteiger partial charge in [-0.05, 0) is 43.5 Å². The number of hydrogen-bond acceptors (Lipinski definition) is 5. The van der Waals surface area contributed by atoms with E-state index < -0.39 is 0 Å². The highest BCUT2D eigenvalue weighted by Crippen LogP contribution is 2.26. The molecule has 0 fully saturated rings. The third kappa shape index (κ3) is 2.76. The predicted octanol–water partition coefficient (Wildman–Crippen LogP) is 2.29. The van der Waals surface area contributed by atoms with E-state index in [2.05, 4.69) is 15.1 Å². The molecule has 1 aromatic carbocycles. The first-order chi connectivity index (χ1) is 11.6. The van der Waals surface area contributed by atoms with E-state index in [4.69, 9.17) is 16.0 Å². The summed E-state index contributed by atoms with van der Waals surface area (Å²) >= 11 is 0. The van der Waals surface area contributed by atoms with Crippen molar-refractivity contribution in [1.29, 1.82) is 0 Å². The molecule has 122 valence electrons. The van der Waals surface area contributed by atoms with Gasteiger partial charge in [-0.2, -0.15) is 10.1 Å². The molecule has 0 spiro atoms. The Balaban J connectivity index is 2.28. The normalized spacial score (nSPS) is 13.2. The van der Waals surface area contributed by atoms with Crippen molar-refractivity contribution in [3.63, 3.8) is 0 Å². The molecule has 3 aromatic rings. The second-order valence-electron chi connectivity index (χ2n) is 4.90. The first-order valence-corrected chi connectivity index (χ1v) is 7.07. The summed E-state index contributed by atoms with van der Waals surface area (Å²) in [5.74, 6) is 5.69. The van der Waals surface area contributed by atoms with Crippen LogP contribution in [0.1, 0.15) is 12.6 Å². The van der Waals surface area contributed by atoms with Gasteiger partial charge < -0.3 is 16.0 Å². The van der Waals surface area contributed by atoms with Crippen molar-refractivity contribution in [2.75, 3.05) is 0 Å². The van der Waals surface area contributed by atoms with Gasteiger partial charge in [0.1, 0.15) is 29.3 Å². The number of halogens is 1. The van der Waals surface area contributed by atoms with E-state index in [1.165, 1.54) is 24.6 Å². The van der Waals surface area contributed by atoms with Gasteiger partial charge in [0, 0.05) is 11.8 Å². The van der Waals surface area contributed by atoms with Crippen molar-refractivity contribution in [3.05, 3.63) is 60.5 Å². The number of hydrogen-bond donors (Lipinski definition) is 2. The van der Waals surface area contributed by atoms with Crippen LogP contribution in [0.4, 0.5) is 4.39 Å². The summed E-state index contributed by atoms with van der Waals surface area (Å²) in [6.07, 6.45) is 6.18. The lowest BCUT2D eigenvalue weighted by atomic mass is 10.1. The fourth-order valence-corrected chi connectivity index (χ4v) is 2.30. The summed E-state index contributed by atoms with van der Waals surface area (Å²) < 4.78 is 20.3. The Bertz CT molecular complexity index is 949. The van der Waals surface area contributed by atoms with Crippen LogP contribution in [-0.4, -0.2) is 20.9 Å². The minimum atomic E-state index is -0.329. The molecule has 0 radical (unpaired) electrons. The number of aliphatic imine (C=N–C) groups is 1. The highest BCUT2D eigenvalue weighted by Gasteiger charge is 2.19. The number of hydrazone groups is 1. The van der Waals surface area contributed by atoms with E-state index in [1.807, 2.05) is 0 Å². The molecule has 2 heterocycles. The van der Waals surface area contributed by atoms with Crippen molar-refractivity contribution in [2.45, 2.75) is 6.92 Å². The van der Waals surface area contributed by atoms with Crippen LogP contribution >= 0.6 is 0 Å². The molecule has 0 amide bonds. The number of fused-ring (bicyclic) bond motifs is 1. The number of nitrogens with two attached hydrogens (primary N) is 2. The molecule has 4 N–H and O–H groups in total. The first kappa shape index (κ1) is 15.5. The molecule has 0 unspecified atom stereocenters. The molecule has 0 saturated carbocycles.